The molecule has 1 aromatic carbocycles. The molecule has 18 heavy (non-hydrogen) atoms. The highest BCUT2D eigenvalue weighted by Crippen LogP contribution is 2.36. The molecule has 0 saturated heterocycles. The van der Waals surface area contributed by atoms with Gasteiger partial charge in [0.25, 0.3) is 0 Å². The van der Waals surface area contributed by atoms with Crippen LogP contribution in [-0.2, 0) is 0 Å². The van der Waals surface area contributed by atoms with E-state index in [4.69, 9.17) is 4.74 Å². The first-order valence-corrected chi connectivity index (χ1v) is 7.49. The van der Waals surface area contributed by atoms with Crippen LogP contribution in [0.5, 0.6) is 5.75 Å². The summed E-state index contributed by atoms with van der Waals surface area (Å²) in [6, 6.07) is 6.55. The molecular formula is C15H22BrNO. The van der Waals surface area contributed by atoms with Gasteiger partial charge in [-0.1, -0.05) is 43.6 Å². The van der Waals surface area contributed by atoms with E-state index in [9.17, 15) is 0 Å². The predicted molar refractivity (Wildman–Crippen MR) is 80.3 cm³/mol. The number of benzene rings is 1. The van der Waals surface area contributed by atoms with Crippen molar-refractivity contribution < 1.29 is 4.74 Å². The van der Waals surface area contributed by atoms with Gasteiger partial charge in [-0.25, -0.2) is 0 Å². The fourth-order valence-electron chi connectivity index (χ4n) is 2.48. The van der Waals surface area contributed by atoms with Gasteiger partial charge in [-0.2, -0.15) is 0 Å². The average Bonchev–Trinajstić information content (AvgIpc) is 2.27. The highest BCUT2D eigenvalue weighted by Gasteiger charge is 2.32. The van der Waals surface area contributed by atoms with E-state index in [1.54, 1.807) is 0 Å². The minimum Gasteiger partial charge on any atom is -0.486 e. The van der Waals surface area contributed by atoms with Crippen molar-refractivity contribution in [3.8, 4) is 5.75 Å². The molecule has 0 fully saturated rings. The Kier molecular flexibility index (Phi) is 4.21. The molecule has 0 radical (unpaired) electrons. The van der Waals surface area contributed by atoms with Crippen molar-refractivity contribution >= 4 is 21.6 Å². The molecule has 0 spiro atoms. The first-order valence-electron chi connectivity index (χ1n) is 6.70. The Morgan fingerprint density at radius 3 is 2.61 bits per heavy atom. The summed E-state index contributed by atoms with van der Waals surface area (Å²) in [5, 5.41) is 3.64. The molecule has 1 N–H and O–H groups in total. The minimum atomic E-state index is 0.263. The van der Waals surface area contributed by atoms with Crippen molar-refractivity contribution in [1.29, 1.82) is 0 Å². The van der Waals surface area contributed by atoms with Crippen molar-refractivity contribution in [2.75, 3.05) is 5.32 Å². The highest BCUT2D eigenvalue weighted by molar-refractivity contribution is 9.10. The van der Waals surface area contributed by atoms with Crippen LogP contribution >= 0.6 is 15.9 Å². The summed E-state index contributed by atoms with van der Waals surface area (Å²) in [6.45, 7) is 8.99. The van der Waals surface area contributed by atoms with Crippen LogP contribution in [0.1, 0.15) is 34.1 Å². The van der Waals surface area contributed by atoms with Gasteiger partial charge in [0.2, 0.25) is 0 Å². The number of anilines is 1. The molecule has 0 amide bonds. The lowest BCUT2D eigenvalue weighted by Gasteiger charge is -2.38. The van der Waals surface area contributed by atoms with E-state index in [1.807, 2.05) is 12.1 Å². The quantitative estimate of drug-likeness (QED) is 0.874. The highest BCUT2D eigenvalue weighted by atomic mass is 79.9. The fourth-order valence-corrected chi connectivity index (χ4v) is 2.84. The van der Waals surface area contributed by atoms with Gasteiger partial charge < -0.3 is 10.1 Å². The maximum atomic E-state index is 6.19. The number of hydrogen-bond donors (Lipinski definition) is 1. The standard InChI is InChI=1S/C15H22BrNO/c1-9(2)7-14-15(10(3)4)17-12-8-11(16)5-6-13(12)18-14/h5-6,8-10,14-15,17H,7H2,1-4H3. The lowest BCUT2D eigenvalue weighted by atomic mass is 9.91. The van der Waals surface area contributed by atoms with Gasteiger partial charge in [0.15, 0.2) is 0 Å². The lowest BCUT2D eigenvalue weighted by Crippen LogP contribution is -2.45. The Labute approximate surface area is 118 Å². The van der Waals surface area contributed by atoms with Gasteiger partial charge in [-0.05, 0) is 36.5 Å². The molecule has 100 valence electrons. The third-order valence-corrected chi connectivity index (χ3v) is 3.86. The molecule has 0 saturated carbocycles. The van der Waals surface area contributed by atoms with Crippen LogP contribution in [0.25, 0.3) is 0 Å². The number of hydrogen-bond acceptors (Lipinski definition) is 2. The van der Waals surface area contributed by atoms with Gasteiger partial charge in [0.05, 0.1) is 11.7 Å². The topological polar surface area (TPSA) is 21.3 Å². The molecule has 2 unspecified atom stereocenters. The molecule has 0 aliphatic carbocycles. The van der Waals surface area contributed by atoms with Crippen LogP contribution < -0.4 is 10.1 Å². The summed E-state index contributed by atoms with van der Waals surface area (Å²) in [4.78, 5) is 0. The summed E-state index contributed by atoms with van der Waals surface area (Å²) in [6.07, 6.45) is 1.35. The molecule has 2 rings (SSSR count). The zero-order chi connectivity index (χ0) is 13.3. The van der Waals surface area contributed by atoms with E-state index < -0.39 is 0 Å². The van der Waals surface area contributed by atoms with Crippen LogP contribution in [0.2, 0.25) is 0 Å². The van der Waals surface area contributed by atoms with E-state index in [0.717, 1.165) is 22.3 Å². The van der Waals surface area contributed by atoms with Gasteiger partial charge in [0.1, 0.15) is 11.9 Å². The molecule has 0 bridgehead atoms. The van der Waals surface area contributed by atoms with Crippen LogP contribution in [-0.4, -0.2) is 12.1 Å². The number of ether oxygens (including phenoxy) is 1. The molecule has 1 aliphatic heterocycles. The van der Waals surface area contributed by atoms with Crippen LogP contribution in [0, 0.1) is 11.8 Å². The molecule has 2 nitrogen and oxygen atoms in total. The molecule has 1 aliphatic rings. The number of rotatable bonds is 3. The van der Waals surface area contributed by atoms with Gasteiger partial charge in [0, 0.05) is 4.47 Å². The summed E-state index contributed by atoms with van der Waals surface area (Å²) in [5.41, 5.74) is 1.10. The zero-order valence-electron chi connectivity index (χ0n) is 11.5. The molecule has 1 heterocycles. The maximum Gasteiger partial charge on any atom is 0.143 e. The molecule has 2 atom stereocenters. The normalized spacial score (nSPS) is 22.6. The Morgan fingerprint density at radius 2 is 2.00 bits per heavy atom. The molecule has 0 aromatic heterocycles. The number of halogens is 1. The fraction of sp³-hybridized carbons (Fsp3) is 0.600. The van der Waals surface area contributed by atoms with Crippen LogP contribution in [0.3, 0.4) is 0 Å². The molecular weight excluding hydrogens is 290 g/mol. The lowest BCUT2D eigenvalue weighted by molar-refractivity contribution is 0.125. The summed E-state index contributed by atoms with van der Waals surface area (Å²) >= 11 is 3.51. The Hall–Kier alpha value is -0.700. The second-order valence-corrected chi connectivity index (χ2v) is 6.76. The number of nitrogens with one attached hydrogen (secondary N) is 1. The first kappa shape index (κ1) is 13.7. The van der Waals surface area contributed by atoms with Crippen LogP contribution in [0.15, 0.2) is 22.7 Å². The number of fused-ring (bicyclic) bond motifs is 1. The van der Waals surface area contributed by atoms with Gasteiger partial charge in [-0.3, -0.25) is 0 Å². The largest absolute Gasteiger partial charge is 0.486 e. The molecule has 3 heteroatoms. The van der Waals surface area contributed by atoms with E-state index in [-0.39, 0.29) is 6.10 Å². The van der Waals surface area contributed by atoms with E-state index >= 15 is 0 Å². The monoisotopic (exact) mass is 311 g/mol. The van der Waals surface area contributed by atoms with E-state index in [0.29, 0.717) is 17.9 Å². The van der Waals surface area contributed by atoms with Crippen LogP contribution in [0.4, 0.5) is 5.69 Å². The van der Waals surface area contributed by atoms with Crippen molar-refractivity contribution in [3.63, 3.8) is 0 Å². The van der Waals surface area contributed by atoms with Crippen molar-refractivity contribution in [1.82, 2.24) is 0 Å². The van der Waals surface area contributed by atoms with E-state index in [1.165, 1.54) is 0 Å². The summed E-state index contributed by atoms with van der Waals surface area (Å²) < 4.78 is 7.27. The van der Waals surface area contributed by atoms with Gasteiger partial charge >= 0.3 is 0 Å². The maximum absolute atomic E-state index is 6.19. The minimum absolute atomic E-state index is 0.263. The zero-order valence-corrected chi connectivity index (χ0v) is 13.1. The third kappa shape index (κ3) is 3.00. The SMILES string of the molecule is CC(C)CC1Oc2ccc(Br)cc2NC1C(C)C. The predicted octanol–water partition coefficient (Wildman–Crippen LogP) is 4.69. The molecule has 1 aromatic rings. The van der Waals surface area contributed by atoms with Gasteiger partial charge in [-0.15, -0.1) is 0 Å². The Balaban J connectivity index is 2.25. The summed E-state index contributed by atoms with van der Waals surface area (Å²) in [5.74, 6) is 2.18. The smallest absolute Gasteiger partial charge is 0.143 e. The average molecular weight is 312 g/mol. The summed E-state index contributed by atoms with van der Waals surface area (Å²) in [7, 11) is 0. The second-order valence-electron chi connectivity index (χ2n) is 5.84. The van der Waals surface area contributed by atoms with Crippen molar-refractivity contribution in [2.45, 2.75) is 46.3 Å². The van der Waals surface area contributed by atoms with Crippen molar-refractivity contribution in [3.05, 3.63) is 22.7 Å². The Bertz CT molecular complexity index is 417. The Morgan fingerprint density at radius 1 is 1.28 bits per heavy atom. The van der Waals surface area contributed by atoms with Crippen molar-refractivity contribution in [2.24, 2.45) is 11.8 Å². The van der Waals surface area contributed by atoms with E-state index in [2.05, 4.69) is 55.0 Å². The second kappa shape index (κ2) is 5.52. The first-order chi connectivity index (χ1) is 8.47. The third-order valence-electron chi connectivity index (χ3n) is 3.36.